The lowest BCUT2D eigenvalue weighted by atomic mass is 10.1. The molecule has 0 spiro atoms. The molecule has 0 N–H and O–H groups in total. The van der Waals surface area contributed by atoms with Crippen LogP contribution in [0.2, 0.25) is 5.02 Å². The van der Waals surface area contributed by atoms with E-state index in [0.717, 1.165) is 11.1 Å². The molecule has 0 fully saturated rings. The smallest absolute Gasteiger partial charge is 0.199 e. The standard InChI is InChI=1S/C24H20ClNO4S/c1-29-23-19(9-6-10-20(23)25)24-22(17-11-13-18(14-12-17)31(2,27)28)26-21(30-24)15-16-7-4-3-5-8-16/h3-14H,15H2,1-2H3. The molecule has 0 saturated carbocycles. The zero-order valence-electron chi connectivity index (χ0n) is 17.0. The molecule has 5 nitrogen and oxygen atoms in total. The maximum absolute atomic E-state index is 11.8. The summed E-state index contributed by atoms with van der Waals surface area (Å²) in [7, 11) is -1.75. The topological polar surface area (TPSA) is 69.4 Å². The Kier molecular flexibility index (Phi) is 5.85. The number of hydrogen-bond donors (Lipinski definition) is 0. The summed E-state index contributed by atoms with van der Waals surface area (Å²) in [4.78, 5) is 4.98. The molecular formula is C24H20ClNO4S. The molecule has 0 radical (unpaired) electrons. The summed E-state index contributed by atoms with van der Waals surface area (Å²) in [6, 6.07) is 21.9. The van der Waals surface area contributed by atoms with Crippen molar-refractivity contribution in [3.63, 3.8) is 0 Å². The van der Waals surface area contributed by atoms with Gasteiger partial charge in [0.2, 0.25) is 0 Å². The summed E-state index contributed by atoms with van der Waals surface area (Å²) < 4.78 is 35.4. The Hall–Kier alpha value is -3.09. The predicted octanol–water partition coefficient (Wildman–Crippen LogP) is 5.66. The van der Waals surface area contributed by atoms with Crippen LogP contribution in [0.3, 0.4) is 0 Å². The van der Waals surface area contributed by atoms with Crippen LogP contribution < -0.4 is 4.74 Å². The normalized spacial score (nSPS) is 11.5. The van der Waals surface area contributed by atoms with Gasteiger partial charge in [0.1, 0.15) is 11.4 Å². The van der Waals surface area contributed by atoms with E-state index >= 15 is 0 Å². The van der Waals surface area contributed by atoms with Gasteiger partial charge in [-0.3, -0.25) is 0 Å². The average Bonchev–Trinajstić information content (AvgIpc) is 3.17. The van der Waals surface area contributed by atoms with Crippen molar-refractivity contribution in [3.05, 3.63) is 89.3 Å². The summed E-state index contributed by atoms with van der Waals surface area (Å²) in [5.74, 6) is 1.53. The number of aromatic nitrogens is 1. The van der Waals surface area contributed by atoms with Gasteiger partial charge < -0.3 is 9.15 Å². The molecule has 1 aromatic heterocycles. The van der Waals surface area contributed by atoms with E-state index in [4.69, 9.17) is 25.7 Å². The first-order valence-corrected chi connectivity index (χ1v) is 11.8. The largest absolute Gasteiger partial charge is 0.494 e. The van der Waals surface area contributed by atoms with Crippen LogP contribution in [-0.4, -0.2) is 26.8 Å². The first-order chi connectivity index (χ1) is 14.9. The first-order valence-electron chi connectivity index (χ1n) is 9.54. The Labute approximate surface area is 186 Å². The molecule has 0 aliphatic rings. The van der Waals surface area contributed by atoms with Gasteiger partial charge in [0.05, 0.1) is 22.6 Å². The van der Waals surface area contributed by atoms with Gasteiger partial charge in [0.25, 0.3) is 0 Å². The van der Waals surface area contributed by atoms with E-state index in [0.29, 0.717) is 40.1 Å². The minimum Gasteiger partial charge on any atom is -0.494 e. The summed E-state index contributed by atoms with van der Waals surface area (Å²) in [6.45, 7) is 0. The average molecular weight is 454 g/mol. The van der Waals surface area contributed by atoms with Crippen LogP contribution in [0.5, 0.6) is 5.75 Å². The number of benzene rings is 3. The van der Waals surface area contributed by atoms with E-state index in [1.54, 1.807) is 37.4 Å². The molecule has 4 aromatic rings. The maximum atomic E-state index is 11.8. The third-order valence-corrected chi connectivity index (χ3v) is 6.27. The molecule has 3 aromatic carbocycles. The van der Waals surface area contributed by atoms with Crippen molar-refractivity contribution in [1.82, 2.24) is 4.98 Å². The van der Waals surface area contributed by atoms with Crippen LogP contribution in [0.15, 0.2) is 82.1 Å². The monoisotopic (exact) mass is 453 g/mol. The Morgan fingerprint density at radius 2 is 1.68 bits per heavy atom. The van der Waals surface area contributed by atoms with Crippen LogP contribution in [-0.2, 0) is 16.3 Å². The van der Waals surface area contributed by atoms with E-state index in [2.05, 4.69) is 0 Å². The zero-order chi connectivity index (χ0) is 22.0. The van der Waals surface area contributed by atoms with Crippen molar-refractivity contribution in [2.75, 3.05) is 13.4 Å². The Morgan fingerprint density at radius 1 is 0.968 bits per heavy atom. The second-order valence-electron chi connectivity index (χ2n) is 7.06. The number of rotatable bonds is 6. The molecule has 31 heavy (non-hydrogen) atoms. The number of para-hydroxylation sites is 1. The molecule has 7 heteroatoms. The molecule has 158 valence electrons. The molecule has 1 heterocycles. The summed E-state index contributed by atoms with van der Waals surface area (Å²) >= 11 is 6.33. The van der Waals surface area contributed by atoms with Crippen LogP contribution in [0.25, 0.3) is 22.6 Å². The van der Waals surface area contributed by atoms with E-state index < -0.39 is 9.84 Å². The van der Waals surface area contributed by atoms with E-state index in [1.807, 2.05) is 42.5 Å². The fourth-order valence-corrected chi connectivity index (χ4v) is 4.23. The van der Waals surface area contributed by atoms with Crippen LogP contribution in [0.4, 0.5) is 0 Å². The second kappa shape index (κ2) is 8.57. The highest BCUT2D eigenvalue weighted by Gasteiger charge is 2.22. The summed E-state index contributed by atoms with van der Waals surface area (Å²) in [5.41, 5.74) is 3.05. The molecule has 0 aliphatic carbocycles. The number of methoxy groups -OCH3 is 1. The van der Waals surface area contributed by atoms with Crippen molar-refractivity contribution in [3.8, 4) is 28.3 Å². The Morgan fingerprint density at radius 3 is 2.32 bits per heavy atom. The van der Waals surface area contributed by atoms with Gasteiger partial charge in [-0.25, -0.2) is 13.4 Å². The predicted molar refractivity (Wildman–Crippen MR) is 121 cm³/mol. The Balaban J connectivity index is 1.86. The van der Waals surface area contributed by atoms with E-state index in [9.17, 15) is 8.42 Å². The molecule has 0 bridgehead atoms. The van der Waals surface area contributed by atoms with Gasteiger partial charge in [-0.2, -0.15) is 0 Å². The lowest BCUT2D eigenvalue weighted by Crippen LogP contribution is -1.96. The third-order valence-electron chi connectivity index (χ3n) is 4.84. The van der Waals surface area contributed by atoms with Crippen molar-refractivity contribution < 1.29 is 17.6 Å². The molecule has 0 amide bonds. The SMILES string of the molecule is COc1c(Cl)cccc1-c1oc(Cc2ccccc2)nc1-c1ccc(S(C)(=O)=O)cc1. The van der Waals surface area contributed by atoms with E-state index in [1.165, 1.54) is 6.26 Å². The number of sulfone groups is 1. The minimum absolute atomic E-state index is 0.242. The highest BCUT2D eigenvalue weighted by atomic mass is 35.5. The first kappa shape index (κ1) is 21.2. The number of halogens is 1. The molecular weight excluding hydrogens is 434 g/mol. The van der Waals surface area contributed by atoms with Crippen LogP contribution >= 0.6 is 11.6 Å². The van der Waals surface area contributed by atoms with Gasteiger partial charge in [0, 0.05) is 18.2 Å². The number of ether oxygens (including phenoxy) is 1. The molecule has 0 atom stereocenters. The van der Waals surface area contributed by atoms with Crippen molar-refractivity contribution in [2.24, 2.45) is 0 Å². The van der Waals surface area contributed by atoms with Gasteiger partial charge >= 0.3 is 0 Å². The van der Waals surface area contributed by atoms with Crippen LogP contribution in [0, 0.1) is 0 Å². The molecule has 0 aliphatic heterocycles. The maximum Gasteiger partial charge on any atom is 0.199 e. The summed E-state index contributed by atoms with van der Waals surface area (Å²) in [6.07, 6.45) is 1.69. The van der Waals surface area contributed by atoms with Gasteiger partial charge in [-0.1, -0.05) is 60.1 Å². The Bertz CT molecular complexity index is 1310. The van der Waals surface area contributed by atoms with Gasteiger partial charge in [-0.05, 0) is 29.8 Å². The highest BCUT2D eigenvalue weighted by Crippen LogP contribution is 2.41. The quantitative estimate of drug-likeness (QED) is 0.376. The minimum atomic E-state index is -3.30. The number of hydrogen-bond acceptors (Lipinski definition) is 5. The fraction of sp³-hybridized carbons (Fsp3) is 0.125. The molecule has 0 saturated heterocycles. The number of oxazole rings is 1. The highest BCUT2D eigenvalue weighted by molar-refractivity contribution is 7.90. The van der Waals surface area contributed by atoms with Crippen LogP contribution in [0.1, 0.15) is 11.5 Å². The van der Waals surface area contributed by atoms with Crippen molar-refractivity contribution in [1.29, 1.82) is 0 Å². The fourth-order valence-electron chi connectivity index (χ4n) is 3.34. The number of nitrogens with zero attached hydrogens (tertiary/aromatic N) is 1. The van der Waals surface area contributed by atoms with Crippen molar-refractivity contribution >= 4 is 21.4 Å². The van der Waals surface area contributed by atoms with Crippen molar-refractivity contribution in [2.45, 2.75) is 11.3 Å². The van der Waals surface area contributed by atoms with Gasteiger partial charge in [0.15, 0.2) is 21.5 Å². The second-order valence-corrected chi connectivity index (χ2v) is 9.49. The lowest BCUT2D eigenvalue weighted by Gasteiger charge is -2.09. The zero-order valence-corrected chi connectivity index (χ0v) is 18.6. The van der Waals surface area contributed by atoms with E-state index in [-0.39, 0.29) is 4.90 Å². The summed E-state index contributed by atoms with van der Waals surface area (Å²) in [5, 5.41) is 0.458. The third kappa shape index (κ3) is 4.50. The van der Waals surface area contributed by atoms with Gasteiger partial charge in [-0.15, -0.1) is 0 Å². The molecule has 0 unspecified atom stereocenters. The lowest BCUT2D eigenvalue weighted by molar-refractivity contribution is 0.414. The molecule has 4 rings (SSSR count).